The van der Waals surface area contributed by atoms with Gasteiger partial charge in [0.05, 0.1) is 12.1 Å². The molecule has 0 radical (unpaired) electrons. The van der Waals surface area contributed by atoms with Crippen LogP contribution in [0.5, 0.6) is 0 Å². The molecule has 118 valence electrons. The highest BCUT2D eigenvalue weighted by Gasteiger charge is 2.14. The molecule has 0 fully saturated rings. The van der Waals surface area contributed by atoms with Crippen molar-refractivity contribution in [1.82, 2.24) is 4.98 Å². The second kappa shape index (κ2) is 6.55. The molecule has 1 aromatic carbocycles. The molecule has 3 nitrogen and oxygen atoms in total. The van der Waals surface area contributed by atoms with E-state index in [1.54, 1.807) is 0 Å². The van der Waals surface area contributed by atoms with E-state index >= 15 is 0 Å². The first kappa shape index (κ1) is 15.8. The van der Waals surface area contributed by atoms with Crippen LogP contribution < -0.4 is 5.32 Å². The van der Waals surface area contributed by atoms with Crippen molar-refractivity contribution in [3.8, 4) is 11.3 Å². The Kier molecular flexibility index (Phi) is 4.49. The number of amides is 1. The molecule has 7 heteroatoms. The Morgan fingerprint density at radius 1 is 1.26 bits per heavy atom. The summed E-state index contributed by atoms with van der Waals surface area (Å²) in [5, 5.41) is 7.02. The lowest BCUT2D eigenvalue weighted by molar-refractivity contribution is -0.115. The van der Waals surface area contributed by atoms with Gasteiger partial charge in [-0.05, 0) is 47.5 Å². The number of aromatic nitrogens is 1. The summed E-state index contributed by atoms with van der Waals surface area (Å²) in [4.78, 5) is 17.1. The van der Waals surface area contributed by atoms with Gasteiger partial charge in [-0.1, -0.05) is 0 Å². The van der Waals surface area contributed by atoms with Crippen molar-refractivity contribution in [2.45, 2.75) is 13.3 Å². The minimum absolute atomic E-state index is 0.158. The number of hydrogen-bond donors (Lipinski definition) is 1. The summed E-state index contributed by atoms with van der Waals surface area (Å²) in [5.41, 5.74) is 1.97. The molecule has 0 atom stereocenters. The van der Waals surface area contributed by atoms with Gasteiger partial charge < -0.3 is 5.32 Å². The average molecular weight is 350 g/mol. The molecule has 0 saturated heterocycles. The van der Waals surface area contributed by atoms with E-state index in [4.69, 9.17) is 0 Å². The van der Waals surface area contributed by atoms with Crippen molar-refractivity contribution < 1.29 is 13.6 Å². The zero-order valence-electron chi connectivity index (χ0n) is 12.1. The molecule has 0 bridgehead atoms. The Morgan fingerprint density at radius 2 is 2.09 bits per heavy atom. The SMILES string of the molecule is Cc1sc(NC(=O)Cc2ccsc2)nc1-c1ccc(F)c(F)c1. The van der Waals surface area contributed by atoms with Crippen LogP contribution in [0.2, 0.25) is 0 Å². The van der Waals surface area contributed by atoms with Crippen LogP contribution in [0.15, 0.2) is 35.0 Å². The highest BCUT2D eigenvalue weighted by molar-refractivity contribution is 7.16. The molecule has 0 spiro atoms. The van der Waals surface area contributed by atoms with Crippen LogP contribution in [0.1, 0.15) is 10.4 Å². The van der Waals surface area contributed by atoms with Gasteiger partial charge in [-0.15, -0.1) is 11.3 Å². The molecule has 0 unspecified atom stereocenters. The van der Waals surface area contributed by atoms with Gasteiger partial charge in [0.2, 0.25) is 5.91 Å². The Hall–Kier alpha value is -2.12. The molecule has 0 aliphatic carbocycles. The molecule has 3 aromatic rings. The first-order chi connectivity index (χ1) is 11.0. The van der Waals surface area contributed by atoms with Gasteiger partial charge in [0.1, 0.15) is 0 Å². The zero-order chi connectivity index (χ0) is 16.4. The van der Waals surface area contributed by atoms with Crippen LogP contribution in [-0.4, -0.2) is 10.9 Å². The number of nitrogens with zero attached hydrogens (tertiary/aromatic N) is 1. The third kappa shape index (κ3) is 3.62. The van der Waals surface area contributed by atoms with E-state index in [-0.39, 0.29) is 12.3 Å². The van der Waals surface area contributed by atoms with Gasteiger partial charge in [0.25, 0.3) is 0 Å². The van der Waals surface area contributed by atoms with E-state index in [9.17, 15) is 13.6 Å². The molecule has 2 aromatic heterocycles. The Bertz CT molecular complexity index is 844. The van der Waals surface area contributed by atoms with E-state index in [0.29, 0.717) is 16.4 Å². The number of rotatable bonds is 4. The number of carbonyl (C=O) groups excluding carboxylic acids is 1. The van der Waals surface area contributed by atoms with E-state index < -0.39 is 11.6 Å². The second-order valence-corrected chi connectivity index (χ2v) is 6.89. The normalized spacial score (nSPS) is 10.7. The van der Waals surface area contributed by atoms with E-state index in [1.807, 2.05) is 23.8 Å². The van der Waals surface area contributed by atoms with Crippen LogP contribution in [-0.2, 0) is 11.2 Å². The number of anilines is 1. The minimum atomic E-state index is -0.919. The molecule has 0 aliphatic heterocycles. The van der Waals surface area contributed by atoms with Crippen LogP contribution in [0.25, 0.3) is 11.3 Å². The minimum Gasteiger partial charge on any atom is -0.302 e. The van der Waals surface area contributed by atoms with Gasteiger partial charge in [0.15, 0.2) is 16.8 Å². The first-order valence-corrected chi connectivity index (χ1v) is 8.52. The summed E-state index contributed by atoms with van der Waals surface area (Å²) in [6.07, 6.45) is 0.280. The van der Waals surface area contributed by atoms with E-state index in [1.165, 1.54) is 28.7 Å². The maximum atomic E-state index is 13.4. The number of carbonyl (C=O) groups is 1. The molecule has 0 aliphatic rings. The number of halogens is 2. The first-order valence-electron chi connectivity index (χ1n) is 6.76. The van der Waals surface area contributed by atoms with Crippen molar-refractivity contribution in [2.24, 2.45) is 0 Å². The molecule has 1 N–H and O–H groups in total. The molecule has 1 amide bonds. The fourth-order valence-electron chi connectivity index (χ4n) is 2.10. The van der Waals surface area contributed by atoms with Crippen molar-refractivity contribution in [1.29, 1.82) is 0 Å². The maximum absolute atomic E-state index is 13.4. The summed E-state index contributed by atoms with van der Waals surface area (Å²) in [6.45, 7) is 1.82. The summed E-state index contributed by atoms with van der Waals surface area (Å²) < 4.78 is 26.4. The molecule has 23 heavy (non-hydrogen) atoms. The zero-order valence-corrected chi connectivity index (χ0v) is 13.7. The predicted octanol–water partition coefficient (Wildman–Crippen LogP) is 4.64. The van der Waals surface area contributed by atoms with Gasteiger partial charge in [0, 0.05) is 10.4 Å². The quantitative estimate of drug-likeness (QED) is 0.745. The summed E-state index contributed by atoms with van der Waals surface area (Å²) in [7, 11) is 0. The monoisotopic (exact) mass is 350 g/mol. The average Bonchev–Trinajstić information content (AvgIpc) is 3.12. The number of hydrogen-bond acceptors (Lipinski definition) is 4. The van der Waals surface area contributed by atoms with Gasteiger partial charge in [-0.25, -0.2) is 13.8 Å². The highest BCUT2D eigenvalue weighted by atomic mass is 32.1. The molecule has 0 saturated carbocycles. The fourth-order valence-corrected chi connectivity index (χ4v) is 3.62. The number of benzene rings is 1. The topological polar surface area (TPSA) is 42.0 Å². The third-order valence-corrected chi connectivity index (χ3v) is 4.80. The standard InChI is InChI=1S/C16H12F2N2OS2/c1-9-15(11-2-3-12(17)13(18)7-11)20-16(23-9)19-14(21)6-10-4-5-22-8-10/h2-5,7-8H,6H2,1H3,(H,19,20,21). The number of thiophene rings is 1. The lowest BCUT2D eigenvalue weighted by Crippen LogP contribution is -2.13. The smallest absolute Gasteiger partial charge is 0.230 e. The van der Waals surface area contributed by atoms with Crippen LogP contribution in [0, 0.1) is 18.6 Å². The van der Waals surface area contributed by atoms with Crippen LogP contribution >= 0.6 is 22.7 Å². The van der Waals surface area contributed by atoms with Gasteiger partial charge in [-0.2, -0.15) is 11.3 Å². The lowest BCUT2D eigenvalue weighted by Gasteiger charge is -2.00. The maximum Gasteiger partial charge on any atom is 0.230 e. The highest BCUT2D eigenvalue weighted by Crippen LogP contribution is 2.31. The number of thiazole rings is 1. The largest absolute Gasteiger partial charge is 0.302 e. The number of nitrogens with one attached hydrogen (secondary N) is 1. The van der Waals surface area contributed by atoms with Gasteiger partial charge in [-0.3, -0.25) is 4.79 Å². The predicted molar refractivity (Wildman–Crippen MR) is 88.9 cm³/mol. The fraction of sp³-hybridized carbons (Fsp3) is 0.125. The number of aryl methyl sites for hydroxylation is 1. The Balaban J connectivity index is 1.77. The summed E-state index contributed by atoms with van der Waals surface area (Å²) in [5.74, 6) is -1.97. The summed E-state index contributed by atoms with van der Waals surface area (Å²) >= 11 is 2.84. The summed E-state index contributed by atoms with van der Waals surface area (Å²) in [6, 6.07) is 5.54. The molecule has 2 heterocycles. The van der Waals surface area contributed by atoms with Crippen molar-refractivity contribution in [3.05, 3.63) is 57.1 Å². The van der Waals surface area contributed by atoms with Crippen molar-refractivity contribution in [2.75, 3.05) is 5.32 Å². The lowest BCUT2D eigenvalue weighted by atomic mass is 10.1. The molecule has 3 rings (SSSR count). The second-order valence-electron chi connectivity index (χ2n) is 4.91. The van der Waals surface area contributed by atoms with E-state index in [0.717, 1.165) is 22.6 Å². The van der Waals surface area contributed by atoms with Crippen molar-refractivity contribution >= 4 is 33.7 Å². The Morgan fingerprint density at radius 3 is 2.78 bits per heavy atom. The van der Waals surface area contributed by atoms with Crippen molar-refractivity contribution in [3.63, 3.8) is 0 Å². The molecular formula is C16H12F2N2OS2. The third-order valence-electron chi connectivity index (χ3n) is 3.18. The molecular weight excluding hydrogens is 338 g/mol. The van der Waals surface area contributed by atoms with Crippen LogP contribution in [0.3, 0.4) is 0 Å². The van der Waals surface area contributed by atoms with Crippen LogP contribution in [0.4, 0.5) is 13.9 Å². The van der Waals surface area contributed by atoms with Gasteiger partial charge >= 0.3 is 0 Å². The van der Waals surface area contributed by atoms with E-state index in [2.05, 4.69) is 10.3 Å². The Labute approximate surface area is 139 Å².